The van der Waals surface area contributed by atoms with Crippen LogP contribution in [0.15, 0.2) is 42.7 Å². The molecule has 0 unspecified atom stereocenters. The highest BCUT2D eigenvalue weighted by molar-refractivity contribution is 5.85. The predicted octanol–water partition coefficient (Wildman–Crippen LogP) is 2.14. The number of rotatable bonds is 2. The van der Waals surface area contributed by atoms with E-state index in [0.717, 1.165) is 17.5 Å². The number of nitrogens with zero attached hydrogens (tertiary/aromatic N) is 2. The Kier molecular flexibility index (Phi) is 1.86. The number of H-pyrrole nitrogens is 1. The maximum absolute atomic E-state index is 11.1. The molecule has 0 bridgehead atoms. The summed E-state index contributed by atoms with van der Waals surface area (Å²) in [5.74, 6) is 0.681. The number of aromatic amines is 1. The molecule has 0 spiro atoms. The summed E-state index contributed by atoms with van der Waals surface area (Å²) in [6, 6.07) is 9.73. The summed E-state index contributed by atoms with van der Waals surface area (Å²) in [5.41, 5.74) is 2.38. The van der Waals surface area contributed by atoms with E-state index >= 15 is 0 Å². The van der Waals surface area contributed by atoms with Crippen LogP contribution in [0.4, 0.5) is 0 Å². The van der Waals surface area contributed by atoms with Crippen LogP contribution < -0.4 is 0 Å². The maximum Gasteiger partial charge on any atom is 0.212 e. The van der Waals surface area contributed by atoms with Crippen molar-refractivity contribution in [1.29, 1.82) is 0 Å². The van der Waals surface area contributed by atoms with Crippen molar-refractivity contribution >= 4 is 12.1 Å². The number of aromatic nitrogens is 3. The Morgan fingerprint density at radius 2 is 2.06 bits per heavy atom. The quantitative estimate of drug-likeness (QED) is 0.660. The zero-order valence-electron chi connectivity index (χ0n) is 8.42. The van der Waals surface area contributed by atoms with E-state index in [1.807, 2.05) is 30.3 Å². The highest BCUT2D eigenvalue weighted by Crippen LogP contribution is 2.22. The lowest BCUT2D eigenvalue weighted by Crippen LogP contribution is -1.89. The molecule has 0 atom stereocenters. The third-order valence-corrected chi connectivity index (χ3v) is 2.57. The SMILES string of the molecule is O=Cc1c(-c2ccccc2)[nH]c2nccn12. The largest absolute Gasteiger partial charge is 0.323 e. The fraction of sp³-hybridized carbons (Fsp3) is 0. The maximum atomic E-state index is 11.1. The molecule has 2 aromatic heterocycles. The molecule has 0 aliphatic rings. The predicted molar refractivity (Wildman–Crippen MR) is 60.4 cm³/mol. The number of fused-ring (bicyclic) bond motifs is 1. The van der Waals surface area contributed by atoms with Crippen LogP contribution >= 0.6 is 0 Å². The van der Waals surface area contributed by atoms with Gasteiger partial charge in [-0.1, -0.05) is 30.3 Å². The molecule has 0 saturated carbocycles. The molecule has 1 aromatic carbocycles. The third kappa shape index (κ3) is 1.16. The number of imidazole rings is 2. The molecule has 1 N–H and O–H groups in total. The Labute approximate surface area is 91.6 Å². The number of hydrogen-bond acceptors (Lipinski definition) is 2. The molecule has 0 aliphatic heterocycles. The summed E-state index contributed by atoms with van der Waals surface area (Å²) >= 11 is 0. The van der Waals surface area contributed by atoms with Gasteiger partial charge in [-0.2, -0.15) is 0 Å². The number of aldehydes is 1. The summed E-state index contributed by atoms with van der Waals surface area (Å²) in [4.78, 5) is 18.4. The van der Waals surface area contributed by atoms with E-state index in [4.69, 9.17) is 0 Å². The van der Waals surface area contributed by atoms with Crippen molar-refractivity contribution in [2.75, 3.05) is 0 Å². The van der Waals surface area contributed by atoms with E-state index in [0.29, 0.717) is 11.5 Å². The molecule has 16 heavy (non-hydrogen) atoms. The first-order chi connectivity index (χ1) is 7.90. The zero-order chi connectivity index (χ0) is 11.0. The standard InChI is InChI=1S/C12H9N3O/c16-8-10-11(9-4-2-1-3-5-9)14-12-13-6-7-15(10)12/h1-8H,(H,13,14). The van der Waals surface area contributed by atoms with E-state index in [2.05, 4.69) is 9.97 Å². The highest BCUT2D eigenvalue weighted by Gasteiger charge is 2.11. The monoisotopic (exact) mass is 211 g/mol. The van der Waals surface area contributed by atoms with Crippen molar-refractivity contribution in [3.8, 4) is 11.3 Å². The van der Waals surface area contributed by atoms with Crippen LogP contribution in [0.25, 0.3) is 17.0 Å². The summed E-state index contributed by atoms with van der Waals surface area (Å²) in [6.07, 6.45) is 4.27. The van der Waals surface area contributed by atoms with Crippen molar-refractivity contribution in [1.82, 2.24) is 14.4 Å². The molecule has 0 amide bonds. The Bertz CT molecular complexity index is 637. The highest BCUT2D eigenvalue weighted by atomic mass is 16.1. The molecule has 0 saturated heterocycles. The van der Waals surface area contributed by atoms with E-state index < -0.39 is 0 Å². The van der Waals surface area contributed by atoms with Crippen molar-refractivity contribution in [2.24, 2.45) is 0 Å². The second-order valence-corrected chi connectivity index (χ2v) is 3.49. The summed E-state index contributed by atoms with van der Waals surface area (Å²) in [5, 5.41) is 0. The minimum Gasteiger partial charge on any atom is -0.323 e. The van der Waals surface area contributed by atoms with Crippen LogP contribution in [-0.4, -0.2) is 20.7 Å². The molecule has 0 aliphatic carbocycles. The van der Waals surface area contributed by atoms with Gasteiger partial charge in [0, 0.05) is 18.0 Å². The molecular formula is C12H9N3O. The molecule has 0 radical (unpaired) electrons. The van der Waals surface area contributed by atoms with Crippen LogP contribution in [0, 0.1) is 0 Å². The Hall–Kier alpha value is -2.36. The van der Waals surface area contributed by atoms with Crippen molar-refractivity contribution in [3.63, 3.8) is 0 Å². The Morgan fingerprint density at radius 3 is 2.81 bits per heavy atom. The van der Waals surface area contributed by atoms with Gasteiger partial charge in [-0.15, -0.1) is 0 Å². The smallest absolute Gasteiger partial charge is 0.212 e. The first kappa shape index (κ1) is 8.91. The molecule has 3 rings (SSSR count). The lowest BCUT2D eigenvalue weighted by Gasteiger charge is -1.97. The molecule has 4 nitrogen and oxygen atoms in total. The Morgan fingerprint density at radius 1 is 1.25 bits per heavy atom. The average Bonchev–Trinajstić information content (AvgIpc) is 2.89. The second-order valence-electron chi connectivity index (χ2n) is 3.49. The van der Waals surface area contributed by atoms with Gasteiger partial charge in [-0.25, -0.2) is 4.98 Å². The van der Waals surface area contributed by atoms with Crippen LogP contribution in [-0.2, 0) is 0 Å². The van der Waals surface area contributed by atoms with Gasteiger partial charge in [0.2, 0.25) is 5.78 Å². The van der Waals surface area contributed by atoms with Gasteiger partial charge in [0.15, 0.2) is 6.29 Å². The van der Waals surface area contributed by atoms with Gasteiger partial charge in [-0.3, -0.25) is 9.20 Å². The van der Waals surface area contributed by atoms with Gasteiger partial charge in [0.05, 0.1) is 5.69 Å². The van der Waals surface area contributed by atoms with E-state index in [9.17, 15) is 4.79 Å². The first-order valence-electron chi connectivity index (χ1n) is 4.96. The van der Waals surface area contributed by atoms with Gasteiger partial charge in [-0.05, 0) is 0 Å². The van der Waals surface area contributed by atoms with E-state index in [-0.39, 0.29) is 0 Å². The minimum atomic E-state index is 0.596. The van der Waals surface area contributed by atoms with Gasteiger partial charge in [0.1, 0.15) is 5.69 Å². The first-order valence-corrected chi connectivity index (χ1v) is 4.96. The number of nitrogens with one attached hydrogen (secondary N) is 1. The molecule has 4 heteroatoms. The molecule has 3 aromatic rings. The number of carbonyl (C=O) groups excluding carboxylic acids is 1. The molecular weight excluding hydrogens is 202 g/mol. The minimum absolute atomic E-state index is 0.596. The summed E-state index contributed by atoms with van der Waals surface area (Å²) in [7, 11) is 0. The van der Waals surface area contributed by atoms with Crippen LogP contribution in [0.3, 0.4) is 0 Å². The molecule has 2 heterocycles. The lowest BCUT2D eigenvalue weighted by atomic mass is 10.1. The number of benzene rings is 1. The summed E-state index contributed by atoms with van der Waals surface area (Å²) < 4.78 is 1.75. The summed E-state index contributed by atoms with van der Waals surface area (Å²) in [6.45, 7) is 0. The van der Waals surface area contributed by atoms with E-state index in [1.165, 1.54) is 0 Å². The Balaban J connectivity index is 2.31. The number of carbonyl (C=O) groups is 1. The topological polar surface area (TPSA) is 50.2 Å². The van der Waals surface area contributed by atoms with E-state index in [1.54, 1.807) is 16.8 Å². The third-order valence-electron chi connectivity index (χ3n) is 2.57. The van der Waals surface area contributed by atoms with Gasteiger partial charge < -0.3 is 4.98 Å². The van der Waals surface area contributed by atoms with Gasteiger partial charge >= 0.3 is 0 Å². The van der Waals surface area contributed by atoms with Crippen LogP contribution in [0.5, 0.6) is 0 Å². The zero-order valence-corrected chi connectivity index (χ0v) is 8.42. The van der Waals surface area contributed by atoms with Crippen LogP contribution in [0.2, 0.25) is 0 Å². The van der Waals surface area contributed by atoms with Crippen LogP contribution in [0.1, 0.15) is 10.5 Å². The molecule has 0 fully saturated rings. The fourth-order valence-corrected chi connectivity index (χ4v) is 1.83. The molecule has 78 valence electrons. The lowest BCUT2D eigenvalue weighted by molar-refractivity contribution is 0.111. The average molecular weight is 211 g/mol. The van der Waals surface area contributed by atoms with Crippen molar-refractivity contribution in [2.45, 2.75) is 0 Å². The number of hydrogen-bond donors (Lipinski definition) is 1. The van der Waals surface area contributed by atoms with Crippen molar-refractivity contribution in [3.05, 3.63) is 48.4 Å². The normalized spacial score (nSPS) is 10.8. The fourth-order valence-electron chi connectivity index (χ4n) is 1.83. The van der Waals surface area contributed by atoms with Gasteiger partial charge in [0.25, 0.3) is 0 Å². The second kappa shape index (κ2) is 3.34. The van der Waals surface area contributed by atoms with Crippen molar-refractivity contribution < 1.29 is 4.79 Å².